The van der Waals surface area contributed by atoms with Crippen LogP contribution in [0.1, 0.15) is 32.8 Å². The van der Waals surface area contributed by atoms with Crippen LogP contribution in [0.4, 0.5) is 0 Å². The Morgan fingerprint density at radius 2 is 1.97 bits per heavy atom. The van der Waals surface area contributed by atoms with E-state index in [1.54, 1.807) is 6.92 Å². The number of aliphatic hydroxyl groups is 1. The third-order valence-electron chi connectivity index (χ3n) is 5.72. The summed E-state index contributed by atoms with van der Waals surface area (Å²) < 4.78 is 11.1. The molecule has 176 valence electrons. The highest BCUT2D eigenvalue weighted by atomic mass is 16.5. The number of carboxylic acid groups (broad SMARTS) is 1. The second-order valence-electron chi connectivity index (χ2n) is 7.95. The smallest absolute Gasteiger partial charge is 0.333 e. The molecule has 0 spiro atoms. The third-order valence-corrected chi connectivity index (χ3v) is 5.72. The number of carbonyl (C=O) groups is 1. The van der Waals surface area contributed by atoms with Gasteiger partial charge in [0.05, 0.1) is 18.8 Å². The molecule has 3 rings (SSSR count). The molecule has 0 aliphatic carbocycles. The Kier molecular flexibility index (Phi) is 8.11. The lowest BCUT2D eigenvalue weighted by molar-refractivity contribution is -0.149. The summed E-state index contributed by atoms with van der Waals surface area (Å²) in [6.45, 7) is 8.68. The number of carboxylic acids is 1. The molecule has 9 heteroatoms. The van der Waals surface area contributed by atoms with E-state index in [2.05, 4.69) is 11.9 Å². The number of aliphatic hydroxyl groups excluding tert-OH is 1. The molecule has 32 heavy (non-hydrogen) atoms. The van der Waals surface area contributed by atoms with Crippen LogP contribution < -0.4 is 4.74 Å². The Morgan fingerprint density at radius 3 is 2.59 bits per heavy atom. The van der Waals surface area contributed by atoms with E-state index in [1.165, 1.54) is 0 Å². The number of aliphatic imine (C=N–C) groups is 1. The lowest BCUT2D eigenvalue weighted by Gasteiger charge is -2.36. The number of hydrazine groups is 1. The Hall–Kier alpha value is -2.62. The normalized spacial score (nSPS) is 19.8. The third kappa shape index (κ3) is 5.40. The van der Waals surface area contributed by atoms with E-state index >= 15 is 0 Å². The van der Waals surface area contributed by atoms with Crippen molar-refractivity contribution in [3.8, 4) is 5.75 Å². The zero-order valence-electron chi connectivity index (χ0n) is 19.3. The fraction of sp³-hybridized carbons (Fsp3) is 0.565. The van der Waals surface area contributed by atoms with E-state index in [-0.39, 0.29) is 0 Å². The molecule has 0 saturated heterocycles. The van der Waals surface area contributed by atoms with Gasteiger partial charge in [-0.3, -0.25) is 0 Å². The predicted molar refractivity (Wildman–Crippen MR) is 121 cm³/mol. The van der Waals surface area contributed by atoms with Gasteiger partial charge in [-0.15, -0.1) is 0 Å². The van der Waals surface area contributed by atoms with Crippen LogP contribution in [0.25, 0.3) is 0 Å². The van der Waals surface area contributed by atoms with Crippen molar-refractivity contribution in [3.05, 3.63) is 41.2 Å². The van der Waals surface area contributed by atoms with Crippen LogP contribution in [0, 0.1) is 0 Å². The van der Waals surface area contributed by atoms with E-state index in [0.717, 1.165) is 42.3 Å². The maximum absolute atomic E-state index is 11.3. The molecular formula is C23H34N4O5. The average molecular weight is 447 g/mol. The number of nitrogens with zero attached hydrogens (tertiary/aromatic N) is 4. The Bertz CT molecular complexity index is 854. The predicted octanol–water partition coefficient (Wildman–Crippen LogP) is 1.93. The van der Waals surface area contributed by atoms with Crippen LogP contribution in [0.5, 0.6) is 5.75 Å². The van der Waals surface area contributed by atoms with E-state index in [1.807, 2.05) is 48.1 Å². The molecule has 0 aromatic heterocycles. The minimum Gasteiger partial charge on any atom is -0.492 e. The first-order valence-electron chi connectivity index (χ1n) is 11.1. The van der Waals surface area contributed by atoms with Crippen molar-refractivity contribution in [3.63, 3.8) is 0 Å². The van der Waals surface area contributed by atoms with Crippen LogP contribution in [0.15, 0.2) is 40.7 Å². The first kappa shape index (κ1) is 24.0. The van der Waals surface area contributed by atoms with E-state index < -0.39 is 18.3 Å². The minimum absolute atomic E-state index is 0.305. The van der Waals surface area contributed by atoms with Gasteiger partial charge in [-0.05, 0) is 38.0 Å². The van der Waals surface area contributed by atoms with Crippen LogP contribution in [0.2, 0.25) is 0 Å². The Labute approximate surface area is 189 Å². The topological polar surface area (TPSA) is 98.1 Å². The molecule has 0 amide bonds. The van der Waals surface area contributed by atoms with Crippen molar-refractivity contribution in [2.75, 3.05) is 39.9 Å². The molecule has 0 fully saturated rings. The SMILES string of the molecule is CCCN1CC2=C(C(O)N(CCOc3ccc(CC(OCC)C(=O)O)cc3)C(C)=N2)N1C. The van der Waals surface area contributed by atoms with E-state index in [0.29, 0.717) is 31.9 Å². The van der Waals surface area contributed by atoms with Crippen molar-refractivity contribution < 1.29 is 24.5 Å². The summed E-state index contributed by atoms with van der Waals surface area (Å²) in [6, 6.07) is 7.34. The largest absolute Gasteiger partial charge is 0.492 e. The highest BCUT2D eigenvalue weighted by Gasteiger charge is 2.37. The molecule has 0 radical (unpaired) electrons. The maximum atomic E-state index is 11.3. The summed E-state index contributed by atoms with van der Waals surface area (Å²) in [6.07, 6.45) is -0.274. The fourth-order valence-corrected chi connectivity index (χ4v) is 4.08. The number of amidine groups is 1. The highest BCUT2D eigenvalue weighted by molar-refractivity contribution is 5.82. The van der Waals surface area contributed by atoms with Crippen LogP contribution >= 0.6 is 0 Å². The van der Waals surface area contributed by atoms with Gasteiger partial charge in [0.25, 0.3) is 0 Å². The van der Waals surface area contributed by atoms with Gasteiger partial charge in [-0.25, -0.2) is 14.8 Å². The molecule has 2 aliphatic rings. The molecule has 2 aliphatic heterocycles. The lowest BCUT2D eigenvalue weighted by atomic mass is 10.1. The van der Waals surface area contributed by atoms with Gasteiger partial charge >= 0.3 is 5.97 Å². The second kappa shape index (κ2) is 10.8. The molecule has 0 saturated carbocycles. The van der Waals surface area contributed by atoms with Gasteiger partial charge in [-0.1, -0.05) is 19.1 Å². The quantitative estimate of drug-likeness (QED) is 0.532. The molecule has 2 N–H and O–H groups in total. The molecule has 2 atom stereocenters. The van der Waals surface area contributed by atoms with Gasteiger partial charge in [0.2, 0.25) is 0 Å². The summed E-state index contributed by atoms with van der Waals surface area (Å²) in [7, 11) is 1.97. The number of ether oxygens (including phenoxy) is 2. The zero-order chi connectivity index (χ0) is 23.3. The maximum Gasteiger partial charge on any atom is 0.333 e. The summed E-state index contributed by atoms with van der Waals surface area (Å²) >= 11 is 0. The summed E-state index contributed by atoms with van der Waals surface area (Å²) in [5.74, 6) is 0.496. The second-order valence-corrected chi connectivity index (χ2v) is 7.95. The fourth-order valence-electron chi connectivity index (χ4n) is 4.08. The number of hydrogen-bond donors (Lipinski definition) is 2. The number of rotatable bonds is 11. The standard InChI is InChI=1S/C23H34N4O5/c1-5-11-26-15-19-21(25(26)4)22(28)27(16(3)24-19)12-13-32-18-9-7-17(8-10-18)14-20(23(29)30)31-6-2/h7-10,20,22,28H,5-6,11-15H2,1-4H3,(H,29,30). The molecule has 0 bridgehead atoms. The average Bonchev–Trinajstić information content (AvgIpc) is 3.06. The Balaban J connectivity index is 1.53. The highest BCUT2D eigenvalue weighted by Crippen LogP contribution is 2.30. The Morgan fingerprint density at radius 1 is 1.25 bits per heavy atom. The molecular weight excluding hydrogens is 412 g/mol. The van der Waals surface area contributed by atoms with E-state index in [4.69, 9.17) is 14.5 Å². The van der Waals surface area contributed by atoms with Gasteiger partial charge in [0.15, 0.2) is 12.3 Å². The number of likely N-dealkylation sites (N-methyl/N-ethyl adjacent to an activating group) is 1. The lowest BCUT2D eigenvalue weighted by Crippen LogP contribution is -2.48. The van der Waals surface area contributed by atoms with Crippen molar-refractivity contribution in [1.82, 2.24) is 14.9 Å². The number of hydrogen-bond acceptors (Lipinski definition) is 8. The minimum atomic E-state index is -0.965. The molecule has 1 aromatic carbocycles. The number of benzene rings is 1. The summed E-state index contributed by atoms with van der Waals surface area (Å²) in [4.78, 5) is 17.8. The zero-order valence-corrected chi connectivity index (χ0v) is 19.3. The van der Waals surface area contributed by atoms with Gasteiger partial charge in [0, 0.05) is 26.6 Å². The van der Waals surface area contributed by atoms with Crippen LogP contribution in [-0.4, -0.2) is 89.2 Å². The van der Waals surface area contributed by atoms with Crippen LogP contribution in [-0.2, 0) is 16.0 Å². The first-order chi connectivity index (χ1) is 15.3. The summed E-state index contributed by atoms with van der Waals surface area (Å²) in [5, 5.41) is 24.4. The molecule has 2 heterocycles. The van der Waals surface area contributed by atoms with Crippen LogP contribution in [0.3, 0.4) is 0 Å². The van der Waals surface area contributed by atoms with Gasteiger partial charge < -0.3 is 29.6 Å². The molecule has 2 unspecified atom stereocenters. The van der Waals surface area contributed by atoms with E-state index in [9.17, 15) is 15.0 Å². The van der Waals surface area contributed by atoms with Crippen molar-refractivity contribution in [2.24, 2.45) is 4.99 Å². The van der Waals surface area contributed by atoms with Crippen molar-refractivity contribution >= 4 is 11.8 Å². The molecule has 9 nitrogen and oxygen atoms in total. The van der Waals surface area contributed by atoms with Gasteiger partial charge in [-0.2, -0.15) is 0 Å². The molecule has 1 aromatic rings. The first-order valence-corrected chi connectivity index (χ1v) is 11.1. The monoisotopic (exact) mass is 446 g/mol. The van der Waals surface area contributed by atoms with Gasteiger partial charge in [0.1, 0.15) is 23.9 Å². The summed E-state index contributed by atoms with van der Waals surface area (Å²) in [5.41, 5.74) is 2.62. The van der Waals surface area contributed by atoms with Crippen molar-refractivity contribution in [2.45, 2.75) is 45.9 Å². The van der Waals surface area contributed by atoms with Crippen molar-refractivity contribution in [1.29, 1.82) is 0 Å². The number of aliphatic carboxylic acids is 1.